The highest BCUT2D eigenvalue weighted by Crippen LogP contribution is 2.49. The standard InChI is InChI=1S/C14H20O4/c1-10-5-6-11(9-13(16)18-4)14(10,2)8-7-12(15)17-3/h7-8,11H,1,5-6,9H2,2-4H3/b8-7+/t11-,14+/m1/s1. The van der Waals surface area contributed by atoms with Crippen LogP contribution in [0.4, 0.5) is 0 Å². The summed E-state index contributed by atoms with van der Waals surface area (Å²) in [5.74, 6) is -0.501. The van der Waals surface area contributed by atoms with Crippen LogP contribution in [0.2, 0.25) is 0 Å². The van der Waals surface area contributed by atoms with Gasteiger partial charge in [-0.3, -0.25) is 4.79 Å². The molecule has 0 saturated heterocycles. The molecular formula is C14H20O4. The predicted octanol–water partition coefficient (Wildman–Crippen LogP) is 2.25. The minimum atomic E-state index is -0.396. The Kier molecular flexibility index (Phi) is 4.70. The van der Waals surface area contributed by atoms with Crippen LogP contribution >= 0.6 is 0 Å². The number of ether oxygens (including phenoxy) is 2. The van der Waals surface area contributed by atoms with E-state index in [-0.39, 0.29) is 17.3 Å². The van der Waals surface area contributed by atoms with Crippen LogP contribution < -0.4 is 0 Å². The zero-order chi connectivity index (χ0) is 13.8. The zero-order valence-electron chi connectivity index (χ0n) is 11.2. The molecule has 1 saturated carbocycles. The fourth-order valence-electron chi connectivity index (χ4n) is 2.37. The summed E-state index contributed by atoms with van der Waals surface area (Å²) < 4.78 is 9.28. The number of rotatable bonds is 4. The number of methoxy groups -OCH3 is 2. The maximum Gasteiger partial charge on any atom is 0.330 e. The lowest BCUT2D eigenvalue weighted by atomic mass is 9.75. The van der Waals surface area contributed by atoms with E-state index in [1.165, 1.54) is 20.3 Å². The van der Waals surface area contributed by atoms with Crippen molar-refractivity contribution >= 4 is 11.9 Å². The average molecular weight is 252 g/mol. The van der Waals surface area contributed by atoms with E-state index in [0.717, 1.165) is 18.4 Å². The fourth-order valence-corrected chi connectivity index (χ4v) is 2.37. The van der Waals surface area contributed by atoms with Crippen molar-refractivity contribution in [2.45, 2.75) is 26.2 Å². The Morgan fingerprint density at radius 1 is 1.44 bits per heavy atom. The lowest BCUT2D eigenvalue weighted by Crippen LogP contribution is -2.24. The molecule has 0 bridgehead atoms. The molecule has 0 aromatic carbocycles. The van der Waals surface area contributed by atoms with E-state index in [4.69, 9.17) is 4.74 Å². The highest BCUT2D eigenvalue weighted by molar-refractivity contribution is 5.82. The highest BCUT2D eigenvalue weighted by atomic mass is 16.5. The number of hydrogen-bond acceptors (Lipinski definition) is 4. The van der Waals surface area contributed by atoms with Gasteiger partial charge in [0.1, 0.15) is 0 Å². The van der Waals surface area contributed by atoms with Gasteiger partial charge >= 0.3 is 11.9 Å². The summed E-state index contributed by atoms with van der Waals surface area (Å²) in [7, 11) is 2.72. The summed E-state index contributed by atoms with van der Waals surface area (Å²) in [6.07, 6.45) is 5.29. The molecule has 0 spiro atoms. The summed E-state index contributed by atoms with van der Waals surface area (Å²) in [5, 5.41) is 0. The van der Waals surface area contributed by atoms with Gasteiger partial charge in [0.2, 0.25) is 0 Å². The molecular weight excluding hydrogens is 232 g/mol. The first-order valence-electron chi connectivity index (χ1n) is 5.96. The lowest BCUT2D eigenvalue weighted by molar-refractivity contribution is -0.142. The second-order valence-corrected chi connectivity index (χ2v) is 4.76. The van der Waals surface area contributed by atoms with Gasteiger partial charge < -0.3 is 9.47 Å². The molecule has 0 heterocycles. The van der Waals surface area contributed by atoms with Crippen molar-refractivity contribution in [1.29, 1.82) is 0 Å². The van der Waals surface area contributed by atoms with Crippen molar-refractivity contribution in [3.63, 3.8) is 0 Å². The third-order valence-corrected chi connectivity index (χ3v) is 3.81. The minimum Gasteiger partial charge on any atom is -0.469 e. The topological polar surface area (TPSA) is 52.6 Å². The zero-order valence-corrected chi connectivity index (χ0v) is 11.2. The molecule has 0 aromatic rings. The Balaban J connectivity index is 2.85. The summed E-state index contributed by atoms with van der Waals surface area (Å²) in [5.41, 5.74) is 0.694. The molecule has 4 nitrogen and oxygen atoms in total. The largest absolute Gasteiger partial charge is 0.469 e. The van der Waals surface area contributed by atoms with Gasteiger partial charge in [-0.25, -0.2) is 4.79 Å². The average Bonchev–Trinajstić information content (AvgIpc) is 2.64. The molecule has 1 fully saturated rings. The van der Waals surface area contributed by atoms with E-state index in [1.807, 2.05) is 6.92 Å². The minimum absolute atomic E-state index is 0.123. The molecule has 1 rings (SSSR count). The Labute approximate surface area is 108 Å². The number of allylic oxidation sites excluding steroid dienone is 2. The van der Waals surface area contributed by atoms with Gasteiger partial charge in [0.15, 0.2) is 0 Å². The molecule has 100 valence electrons. The van der Waals surface area contributed by atoms with Crippen LogP contribution in [-0.2, 0) is 19.1 Å². The van der Waals surface area contributed by atoms with Crippen molar-refractivity contribution < 1.29 is 19.1 Å². The van der Waals surface area contributed by atoms with E-state index in [9.17, 15) is 9.59 Å². The van der Waals surface area contributed by atoms with E-state index in [2.05, 4.69) is 11.3 Å². The van der Waals surface area contributed by atoms with Crippen LogP contribution in [0.1, 0.15) is 26.2 Å². The Bertz CT molecular complexity index is 383. The van der Waals surface area contributed by atoms with Gasteiger partial charge in [-0.1, -0.05) is 25.2 Å². The second-order valence-electron chi connectivity index (χ2n) is 4.76. The third-order valence-electron chi connectivity index (χ3n) is 3.81. The maximum atomic E-state index is 11.4. The normalized spacial score (nSPS) is 27.5. The smallest absolute Gasteiger partial charge is 0.330 e. The van der Waals surface area contributed by atoms with Gasteiger partial charge in [-0.2, -0.15) is 0 Å². The van der Waals surface area contributed by atoms with E-state index < -0.39 is 5.97 Å². The van der Waals surface area contributed by atoms with Crippen molar-refractivity contribution in [1.82, 2.24) is 0 Å². The van der Waals surface area contributed by atoms with Gasteiger partial charge in [0, 0.05) is 17.9 Å². The third kappa shape index (κ3) is 3.00. The first-order valence-corrected chi connectivity index (χ1v) is 5.96. The van der Waals surface area contributed by atoms with Crippen LogP contribution in [0.5, 0.6) is 0 Å². The van der Waals surface area contributed by atoms with E-state index in [0.29, 0.717) is 6.42 Å². The Morgan fingerprint density at radius 2 is 2.11 bits per heavy atom. The molecule has 1 aliphatic rings. The maximum absolute atomic E-state index is 11.4. The number of hydrogen-bond donors (Lipinski definition) is 0. The number of carbonyl (C=O) groups excluding carboxylic acids is 2. The van der Waals surface area contributed by atoms with Gasteiger partial charge in [-0.05, 0) is 18.8 Å². The first kappa shape index (κ1) is 14.5. The Morgan fingerprint density at radius 3 is 2.67 bits per heavy atom. The summed E-state index contributed by atoms with van der Waals surface area (Å²) >= 11 is 0. The van der Waals surface area contributed by atoms with Crippen LogP contribution in [0.3, 0.4) is 0 Å². The first-order chi connectivity index (χ1) is 8.43. The summed E-state index contributed by atoms with van der Waals surface area (Å²) in [4.78, 5) is 22.6. The molecule has 0 radical (unpaired) electrons. The van der Waals surface area contributed by atoms with Crippen molar-refractivity contribution in [3.8, 4) is 0 Å². The SMILES string of the molecule is C=C1CC[C@H](CC(=O)OC)[C@@]1(C)/C=C/C(=O)OC. The molecule has 0 N–H and O–H groups in total. The fraction of sp³-hybridized carbons (Fsp3) is 0.571. The number of esters is 2. The van der Waals surface area contributed by atoms with Crippen LogP contribution in [0.25, 0.3) is 0 Å². The number of carbonyl (C=O) groups is 2. The Hall–Kier alpha value is -1.58. The van der Waals surface area contributed by atoms with E-state index >= 15 is 0 Å². The van der Waals surface area contributed by atoms with Crippen LogP contribution in [0.15, 0.2) is 24.3 Å². The van der Waals surface area contributed by atoms with Gasteiger partial charge in [-0.15, -0.1) is 0 Å². The van der Waals surface area contributed by atoms with Crippen LogP contribution in [-0.4, -0.2) is 26.2 Å². The predicted molar refractivity (Wildman–Crippen MR) is 67.8 cm³/mol. The lowest BCUT2D eigenvalue weighted by Gasteiger charge is -2.28. The second kappa shape index (κ2) is 5.85. The molecule has 2 atom stereocenters. The molecule has 4 heteroatoms. The van der Waals surface area contributed by atoms with Gasteiger partial charge in [0.05, 0.1) is 14.2 Å². The summed E-state index contributed by atoms with van der Waals surface area (Å²) in [6, 6.07) is 0. The van der Waals surface area contributed by atoms with Crippen molar-refractivity contribution in [3.05, 3.63) is 24.3 Å². The summed E-state index contributed by atoms with van der Waals surface area (Å²) in [6.45, 7) is 6.03. The van der Waals surface area contributed by atoms with Crippen molar-refractivity contribution in [2.24, 2.45) is 11.3 Å². The van der Waals surface area contributed by atoms with E-state index in [1.54, 1.807) is 6.08 Å². The van der Waals surface area contributed by atoms with Crippen molar-refractivity contribution in [2.75, 3.05) is 14.2 Å². The monoisotopic (exact) mass is 252 g/mol. The quantitative estimate of drug-likeness (QED) is 0.437. The van der Waals surface area contributed by atoms with Gasteiger partial charge in [0.25, 0.3) is 0 Å². The molecule has 0 aromatic heterocycles. The van der Waals surface area contributed by atoms with Crippen LogP contribution in [0, 0.1) is 11.3 Å². The molecule has 1 aliphatic carbocycles. The molecule has 0 unspecified atom stereocenters. The molecule has 0 aliphatic heterocycles. The highest BCUT2D eigenvalue weighted by Gasteiger charge is 2.40. The molecule has 18 heavy (non-hydrogen) atoms. The molecule has 0 amide bonds.